The molecular weight excluding hydrogens is 449 g/mol. The number of carboxylic acids is 2. The summed E-state index contributed by atoms with van der Waals surface area (Å²) >= 11 is 11.5. The molecule has 0 aromatic heterocycles. The molecule has 0 spiro atoms. The molecule has 0 bridgehead atoms. The Morgan fingerprint density at radius 1 is 0.677 bits per heavy atom. The van der Waals surface area contributed by atoms with Gasteiger partial charge in [-0.2, -0.15) is 0 Å². The van der Waals surface area contributed by atoms with Gasteiger partial charge in [0.25, 0.3) is 0 Å². The maximum absolute atomic E-state index is 12.2. The SMILES string of the molecule is O=C(CC(NC(CC(=O)Nc1ccc(Cl)cc1)C(=O)O)C(=O)O)Nc1ccc(Cl)cc1. The van der Waals surface area contributed by atoms with Crippen molar-refractivity contribution in [1.29, 1.82) is 0 Å². The van der Waals surface area contributed by atoms with E-state index in [1.54, 1.807) is 24.3 Å². The number of aliphatic carboxylic acids is 2. The quantitative estimate of drug-likeness (QED) is 0.361. The zero-order valence-corrected chi connectivity index (χ0v) is 17.5. The van der Waals surface area contributed by atoms with Gasteiger partial charge in [-0.1, -0.05) is 23.2 Å². The molecule has 0 heterocycles. The number of rotatable bonds is 10. The van der Waals surface area contributed by atoms with Crippen LogP contribution in [0.3, 0.4) is 0 Å². The number of hydrogen-bond acceptors (Lipinski definition) is 5. The fourth-order valence-corrected chi connectivity index (χ4v) is 2.79. The largest absolute Gasteiger partial charge is 0.480 e. The van der Waals surface area contributed by atoms with Crippen molar-refractivity contribution in [2.75, 3.05) is 10.6 Å². The van der Waals surface area contributed by atoms with E-state index in [4.69, 9.17) is 23.2 Å². The highest BCUT2D eigenvalue weighted by molar-refractivity contribution is 6.31. The number of anilines is 2. The van der Waals surface area contributed by atoms with E-state index in [0.717, 1.165) is 0 Å². The predicted molar refractivity (Wildman–Crippen MR) is 115 cm³/mol. The van der Waals surface area contributed by atoms with E-state index in [1.807, 2.05) is 0 Å². The summed E-state index contributed by atoms with van der Waals surface area (Å²) in [4.78, 5) is 47.4. The van der Waals surface area contributed by atoms with Crippen LogP contribution in [-0.4, -0.2) is 46.0 Å². The average molecular weight is 468 g/mol. The highest BCUT2D eigenvalue weighted by atomic mass is 35.5. The Balaban J connectivity index is 1.98. The summed E-state index contributed by atoms with van der Waals surface area (Å²) in [5, 5.41) is 27.0. The van der Waals surface area contributed by atoms with Crippen LogP contribution in [0, 0.1) is 0 Å². The van der Waals surface area contributed by atoms with Crippen molar-refractivity contribution in [1.82, 2.24) is 5.32 Å². The van der Waals surface area contributed by atoms with Crippen LogP contribution in [0.2, 0.25) is 10.0 Å². The number of amides is 2. The first-order valence-electron chi connectivity index (χ1n) is 8.96. The molecule has 31 heavy (non-hydrogen) atoms. The second-order valence-electron chi connectivity index (χ2n) is 6.47. The number of nitrogens with one attached hydrogen (secondary N) is 3. The third-order valence-corrected chi connectivity index (χ3v) is 4.54. The standard InChI is InChI=1S/C20H19Cl2N3O6/c21-11-1-5-13(6-2-11)23-17(26)9-15(19(28)29)25-16(20(30)31)10-18(27)24-14-7-3-12(22)4-8-14/h1-8,15-16,25H,9-10H2,(H,23,26)(H,24,27)(H,28,29)(H,30,31). The number of carboxylic acid groups (broad SMARTS) is 2. The molecule has 0 saturated carbocycles. The van der Waals surface area contributed by atoms with E-state index in [-0.39, 0.29) is 0 Å². The van der Waals surface area contributed by atoms with Crippen molar-refractivity contribution < 1.29 is 29.4 Å². The van der Waals surface area contributed by atoms with Crippen LogP contribution in [-0.2, 0) is 19.2 Å². The lowest BCUT2D eigenvalue weighted by Gasteiger charge is -2.20. The fraction of sp³-hybridized carbons (Fsp3) is 0.200. The molecule has 5 N–H and O–H groups in total. The zero-order valence-electron chi connectivity index (χ0n) is 16.0. The molecule has 0 aliphatic carbocycles. The van der Waals surface area contributed by atoms with Gasteiger partial charge in [0.2, 0.25) is 11.8 Å². The first-order chi connectivity index (χ1) is 14.6. The van der Waals surface area contributed by atoms with E-state index in [1.165, 1.54) is 24.3 Å². The number of hydrogen-bond donors (Lipinski definition) is 5. The Morgan fingerprint density at radius 3 is 1.29 bits per heavy atom. The van der Waals surface area contributed by atoms with Crippen LogP contribution < -0.4 is 16.0 Å². The van der Waals surface area contributed by atoms with E-state index < -0.39 is 48.7 Å². The molecule has 164 valence electrons. The molecule has 2 unspecified atom stereocenters. The predicted octanol–water partition coefficient (Wildman–Crippen LogP) is 2.85. The molecular formula is C20H19Cl2N3O6. The normalized spacial score (nSPS) is 12.5. The van der Waals surface area contributed by atoms with Crippen LogP contribution in [0.5, 0.6) is 0 Å². The van der Waals surface area contributed by atoms with Gasteiger partial charge in [-0.25, -0.2) is 0 Å². The highest BCUT2D eigenvalue weighted by Gasteiger charge is 2.29. The maximum atomic E-state index is 12.2. The van der Waals surface area contributed by atoms with E-state index in [9.17, 15) is 29.4 Å². The van der Waals surface area contributed by atoms with E-state index in [2.05, 4.69) is 16.0 Å². The molecule has 0 radical (unpaired) electrons. The summed E-state index contributed by atoms with van der Waals surface area (Å²) in [6, 6.07) is 9.25. The molecule has 2 amide bonds. The van der Waals surface area contributed by atoms with Crippen molar-refractivity contribution in [3.05, 3.63) is 58.6 Å². The van der Waals surface area contributed by atoms with Gasteiger partial charge < -0.3 is 20.8 Å². The van der Waals surface area contributed by atoms with Crippen molar-refractivity contribution in [3.63, 3.8) is 0 Å². The Kier molecular flexibility index (Phi) is 8.80. The van der Waals surface area contributed by atoms with Gasteiger partial charge in [-0.3, -0.25) is 24.5 Å². The topological polar surface area (TPSA) is 145 Å². The minimum Gasteiger partial charge on any atom is -0.480 e. The summed E-state index contributed by atoms with van der Waals surface area (Å²) in [6.07, 6.45) is -1.11. The average Bonchev–Trinajstić information content (AvgIpc) is 2.70. The van der Waals surface area contributed by atoms with Crippen molar-refractivity contribution in [3.8, 4) is 0 Å². The molecule has 0 saturated heterocycles. The Labute approximate surface area is 187 Å². The van der Waals surface area contributed by atoms with Gasteiger partial charge in [0, 0.05) is 21.4 Å². The molecule has 0 aliphatic rings. The van der Waals surface area contributed by atoms with Gasteiger partial charge in [0.1, 0.15) is 12.1 Å². The maximum Gasteiger partial charge on any atom is 0.321 e. The molecule has 2 rings (SSSR count). The molecule has 2 atom stereocenters. The molecule has 2 aromatic carbocycles. The fourth-order valence-electron chi connectivity index (χ4n) is 2.54. The number of carbonyl (C=O) groups is 4. The van der Waals surface area contributed by atoms with Gasteiger partial charge >= 0.3 is 11.9 Å². The first kappa shape index (κ1) is 24.1. The lowest BCUT2D eigenvalue weighted by molar-refractivity contribution is -0.144. The van der Waals surface area contributed by atoms with Crippen molar-refractivity contribution >= 4 is 58.3 Å². The van der Waals surface area contributed by atoms with Crippen LogP contribution in [0.15, 0.2) is 48.5 Å². The van der Waals surface area contributed by atoms with Crippen LogP contribution in [0.1, 0.15) is 12.8 Å². The van der Waals surface area contributed by atoms with Crippen LogP contribution in [0.4, 0.5) is 11.4 Å². The lowest BCUT2D eigenvalue weighted by Crippen LogP contribution is -2.49. The Hall–Kier alpha value is -3.14. The third kappa shape index (κ3) is 8.25. The summed E-state index contributed by atoms with van der Waals surface area (Å²) in [7, 11) is 0. The van der Waals surface area contributed by atoms with Crippen molar-refractivity contribution in [2.24, 2.45) is 0 Å². The molecule has 9 nitrogen and oxygen atoms in total. The van der Waals surface area contributed by atoms with Gasteiger partial charge in [0.15, 0.2) is 0 Å². The summed E-state index contributed by atoms with van der Waals surface area (Å²) in [5.74, 6) is -4.18. The Bertz CT molecular complexity index is 873. The molecule has 0 aliphatic heterocycles. The third-order valence-electron chi connectivity index (χ3n) is 4.03. The van der Waals surface area contributed by atoms with Crippen molar-refractivity contribution in [2.45, 2.75) is 24.9 Å². The monoisotopic (exact) mass is 467 g/mol. The first-order valence-corrected chi connectivity index (χ1v) is 9.72. The second kappa shape index (κ2) is 11.3. The number of benzene rings is 2. The van der Waals surface area contributed by atoms with Gasteiger partial charge in [-0.15, -0.1) is 0 Å². The molecule has 11 heteroatoms. The summed E-state index contributed by atoms with van der Waals surface area (Å²) in [6.45, 7) is 0. The number of halogens is 2. The minimum atomic E-state index is -1.53. The summed E-state index contributed by atoms with van der Waals surface area (Å²) < 4.78 is 0. The number of carbonyl (C=O) groups excluding carboxylic acids is 2. The van der Waals surface area contributed by atoms with Gasteiger partial charge in [0.05, 0.1) is 12.8 Å². The van der Waals surface area contributed by atoms with Crippen LogP contribution >= 0.6 is 23.2 Å². The smallest absolute Gasteiger partial charge is 0.321 e. The highest BCUT2D eigenvalue weighted by Crippen LogP contribution is 2.15. The molecule has 0 fully saturated rings. The minimum absolute atomic E-state index is 0.399. The lowest BCUT2D eigenvalue weighted by atomic mass is 10.1. The second-order valence-corrected chi connectivity index (χ2v) is 7.34. The van der Waals surface area contributed by atoms with E-state index in [0.29, 0.717) is 21.4 Å². The van der Waals surface area contributed by atoms with Gasteiger partial charge in [-0.05, 0) is 48.5 Å². The molecule has 2 aromatic rings. The Morgan fingerprint density at radius 2 is 1.00 bits per heavy atom. The zero-order chi connectivity index (χ0) is 23.0. The van der Waals surface area contributed by atoms with E-state index >= 15 is 0 Å². The summed E-state index contributed by atoms with van der Waals surface area (Å²) in [5.41, 5.74) is 0.798. The van der Waals surface area contributed by atoms with Crippen LogP contribution in [0.25, 0.3) is 0 Å².